The molecule has 0 aliphatic heterocycles. The number of nitrogens with one attached hydrogen (secondary N) is 1. The van der Waals surface area contributed by atoms with Gasteiger partial charge in [0.1, 0.15) is 11.6 Å². The number of hydrogen-bond donors (Lipinski definition) is 2. The molecule has 15 heavy (non-hydrogen) atoms. The zero-order chi connectivity index (χ0) is 11.4. The fourth-order valence-corrected chi connectivity index (χ4v) is 1.31. The van der Waals surface area contributed by atoms with Crippen molar-refractivity contribution >= 4 is 27.6 Å². The van der Waals surface area contributed by atoms with Gasteiger partial charge >= 0.3 is 5.97 Å². The van der Waals surface area contributed by atoms with E-state index >= 15 is 0 Å². The number of hydrogen-bond acceptors (Lipinski definition) is 2. The Morgan fingerprint density at radius 3 is 2.67 bits per heavy atom. The summed E-state index contributed by atoms with van der Waals surface area (Å²) in [5.74, 6) is -2.43. The van der Waals surface area contributed by atoms with Crippen LogP contribution in [0.5, 0.6) is 0 Å². The fourth-order valence-electron chi connectivity index (χ4n) is 0.962. The van der Waals surface area contributed by atoms with E-state index in [0.717, 1.165) is 6.07 Å². The zero-order valence-electron chi connectivity index (χ0n) is 7.56. The van der Waals surface area contributed by atoms with Gasteiger partial charge in [0.25, 0.3) is 0 Å². The summed E-state index contributed by atoms with van der Waals surface area (Å²) in [6, 6.07) is 1.96. The van der Waals surface area contributed by atoms with Crippen LogP contribution >= 0.6 is 15.9 Å². The first kappa shape index (κ1) is 11.9. The molecule has 0 amide bonds. The molecule has 0 atom stereocenters. The number of carboxylic acid groups (broad SMARTS) is 1. The van der Waals surface area contributed by atoms with Gasteiger partial charge in [0.2, 0.25) is 0 Å². The van der Waals surface area contributed by atoms with Crippen molar-refractivity contribution in [1.29, 1.82) is 0 Å². The maximum absolute atomic E-state index is 13.1. The van der Waals surface area contributed by atoms with Crippen LogP contribution < -0.4 is 5.32 Å². The largest absolute Gasteiger partial charge is 0.481 e. The van der Waals surface area contributed by atoms with Gasteiger partial charge in [0, 0.05) is 12.6 Å². The quantitative estimate of drug-likeness (QED) is 0.833. The molecule has 0 spiro atoms. The summed E-state index contributed by atoms with van der Waals surface area (Å²) < 4.78 is 26.0. The Balaban J connectivity index is 2.69. The van der Waals surface area contributed by atoms with Crippen molar-refractivity contribution < 1.29 is 18.7 Å². The van der Waals surface area contributed by atoms with Crippen molar-refractivity contribution in [3.05, 3.63) is 28.2 Å². The highest BCUT2D eigenvalue weighted by atomic mass is 79.9. The van der Waals surface area contributed by atoms with Gasteiger partial charge in [-0.2, -0.15) is 0 Å². The predicted molar refractivity (Wildman–Crippen MR) is 54.8 cm³/mol. The van der Waals surface area contributed by atoms with Gasteiger partial charge in [-0.3, -0.25) is 4.79 Å². The average Bonchev–Trinajstić information content (AvgIpc) is 2.13. The summed E-state index contributed by atoms with van der Waals surface area (Å²) in [5.41, 5.74) is 0.0736. The minimum Gasteiger partial charge on any atom is -0.481 e. The van der Waals surface area contributed by atoms with Crippen molar-refractivity contribution in [2.24, 2.45) is 0 Å². The molecule has 3 nitrogen and oxygen atoms in total. The van der Waals surface area contributed by atoms with Gasteiger partial charge in [0.15, 0.2) is 0 Å². The van der Waals surface area contributed by atoms with Crippen LogP contribution in [0.4, 0.5) is 14.5 Å². The minimum atomic E-state index is -0.982. The Morgan fingerprint density at radius 1 is 1.40 bits per heavy atom. The Morgan fingerprint density at radius 2 is 2.07 bits per heavy atom. The lowest BCUT2D eigenvalue weighted by molar-refractivity contribution is -0.136. The van der Waals surface area contributed by atoms with Crippen LogP contribution in [0.3, 0.4) is 0 Å². The number of benzene rings is 1. The lowest BCUT2D eigenvalue weighted by Crippen LogP contribution is -2.08. The molecule has 6 heteroatoms. The van der Waals surface area contributed by atoms with Gasteiger partial charge < -0.3 is 10.4 Å². The Hall–Kier alpha value is -1.17. The van der Waals surface area contributed by atoms with E-state index in [1.54, 1.807) is 0 Å². The Labute approximate surface area is 93.2 Å². The van der Waals surface area contributed by atoms with Crippen molar-refractivity contribution in [1.82, 2.24) is 0 Å². The smallest absolute Gasteiger partial charge is 0.305 e. The number of rotatable bonds is 4. The summed E-state index contributed by atoms with van der Waals surface area (Å²) in [4.78, 5) is 10.2. The summed E-state index contributed by atoms with van der Waals surface area (Å²) in [7, 11) is 0. The molecular weight excluding hydrogens is 272 g/mol. The van der Waals surface area contributed by atoms with E-state index in [1.807, 2.05) is 0 Å². The number of halogens is 3. The SMILES string of the molecule is O=C(O)CCNc1cc(Br)c(F)cc1F. The number of aliphatic carboxylic acids is 1. The van der Waals surface area contributed by atoms with Gasteiger partial charge in [0.05, 0.1) is 16.6 Å². The fraction of sp³-hybridized carbons (Fsp3) is 0.222. The van der Waals surface area contributed by atoms with Gasteiger partial charge in [-0.05, 0) is 22.0 Å². The first-order valence-corrected chi connectivity index (χ1v) is 4.90. The van der Waals surface area contributed by atoms with E-state index in [-0.39, 0.29) is 23.1 Å². The predicted octanol–water partition coefficient (Wildman–Crippen LogP) is 2.61. The van der Waals surface area contributed by atoms with E-state index in [1.165, 1.54) is 6.07 Å². The molecule has 1 aromatic rings. The molecule has 0 bridgehead atoms. The molecular formula is C9H8BrF2NO2. The van der Waals surface area contributed by atoms with Gasteiger partial charge in [-0.25, -0.2) is 8.78 Å². The topological polar surface area (TPSA) is 49.3 Å². The van der Waals surface area contributed by atoms with Crippen LogP contribution in [-0.2, 0) is 4.79 Å². The third-order valence-corrected chi connectivity index (χ3v) is 2.27. The van der Waals surface area contributed by atoms with Crippen molar-refractivity contribution in [2.45, 2.75) is 6.42 Å². The lowest BCUT2D eigenvalue weighted by Gasteiger charge is -2.06. The summed E-state index contributed by atoms with van der Waals surface area (Å²) in [5, 5.41) is 10.9. The molecule has 0 unspecified atom stereocenters. The average molecular weight is 280 g/mol. The monoisotopic (exact) mass is 279 g/mol. The van der Waals surface area contributed by atoms with Crippen molar-refractivity contribution in [3.63, 3.8) is 0 Å². The van der Waals surface area contributed by atoms with E-state index in [9.17, 15) is 13.6 Å². The third kappa shape index (κ3) is 3.47. The standard InChI is InChI=1S/C9H8BrF2NO2/c10-5-3-8(7(12)4-6(5)11)13-2-1-9(14)15/h3-4,13H,1-2H2,(H,14,15). The van der Waals surface area contributed by atoms with Crippen LogP contribution in [0, 0.1) is 11.6 Å². The number of carboxylic acids is 1. The van der Waals surface area contributed by atoms with Crippen LogP contribution in [0.2, 0.25) is 0 Å². The maximum Gasteiger partial charge on any atom is 0.305 e. The molecule has 0 aromatic heterocycles. The molecule has 2 N–H and O–H groups in total. The number of anilines is 1. The Bertz CT molecular complexity index is 385. The molecule has 0 fully saturated rings. The second-order valence-electron chi connectivity index (χ2n) is 2.82. The molecule has 0 aliphatic rings. The molecule has 0 aliphatic carbocycles. The molecule has 0 heterocycles. The van der Waals surface area contributed by atoms with Crippen molar-refractivity contribution in [2.75, 3.05) is 11.9 Å². The second kappa shape index (κ2) is 5.06. The van der Waals surface area contributed by atoms with Crippen LogP contribution in [-0.4, -0.2) is 17.6 Å². The van der Waals surface area contributed by atoms with E-state index < -0.39 is 17.6 Å². The maximum atomic E-state index is 13.1. The lowest BCUT2D eigenvalue weighted by atomic mass is 10.3. The van der Waals surface area contributed by atoms with Crippen LogP contribution in [0.25, 0.3) is 0 Å². The molecule has 0 saturated heterocycles. The zero-order valence-corrected chi connectivity index (χ0v) is 9.14. The first-order valence-electron chi connectivity index (χ1n) is 4.11. The second-order valence-corrected chi connectivity index (χ2v) is 3.67. The molecule has 1 aromatic carbocycles. The first-order chi connectivity index (χ1) is 7.00. The highest BCUT2D eigenvalue weighted by Gasteiger charge is 2.07. The molecule has 0 radical (unpaired) electrons. The highest BCUT2D eigenvalue weighted by Crippen LogP contribution is 2.23. The minimum absolute atomic E-state index is 0.0736. The van der Waals surface area contributed by atoms with E-state index in [0.29, 0.717) is 0 Å². The van der Waals surface area contributed by atoms with Gasteiger partial charge in [-0.15, -0.1) is 0 Å². The third-order valence-electron chi connectivity index (χ3n) is 1.66. The molecule has 82 valence electrons. The molecule has 1 rings (SSSR count). The van der Waals surface area contributed by atoms with Gasteiger partial charge in [-0.1, -0.05) is 0 Å². The normalized spacial score (nSPS) is 10.1. The van der Waals surface area contributed by atoms with Crippen LogP contribution in [0.1, 0.15) is 6.42 Å². The van der Waals surface area contributed by atoms with Crippen molar-refractivity contribution in [3.8, 4) is 0 Å². The molecule has 0 saturated carbocycles. The van der Waals surface area contributed by atoms with E-state index in [4.69, 9.17) is 5.11 Å². The number of carbonyl (C=O) groups is 1. The summed E-state index contributed by atoms with van der Waals surface area (Å²) in [6.45, 7) is 0.0876. The Kier molecular flexibility index (Phi) is 4.02. The highest BCUT2D eigenvalue weighted by molar-refractivity contribution is 9.10. The summed E-state index contributed by atoms with van der Waals surface area (Å²) >= 11 is 2.90. The van der Waals surface area contributed by atoms with E-state index in [2.05, 4.69) is 21.2 Å². The summed E-state index contributed by atoms with van der Waals surface area (Å²) in [6.07, 6.45) is -0.131. The van der Waals surface area contributed by atoms with Crippen LogP contribution in [0.15, 0.2) is 16.6 Å².